The molecule has 2 heterocycles. The quantitative estimate of drug-likeness (QED) is 0.834. The summed E-state index contributed by atoms with van der Waals surface area (Å²) < 4.78 is 0. The van der Waals surface area contributed by atoms with Crippen LogP contribution in [0.2, 0.25) is 0 Å². The number of carbonyl (C=O) groups excluding carboxylic acids is 3. The predicted molar refractivity (Wildman–Crippen MR) is 96.3 cm³/mol. The number of hydrogen-bond donors (Lipinski definition) is 1. The van der Waals surface area contributed by atoms with E-state index in [4.69, 9.17) is 0 Å². The number of likely N-dealkylation sites (tertiary alicyclic amines) is 1. The maximum Gasteiger partial charge on any atom is 0.229 e. The van der Waals surface area contributed by atoms with E-state index in [0.717, 1.165) is 24.5 Å². The molecule has 25 heavy (non-hydrogen) atoms. The van der Waals surface area contributed by atoms with E-state index in [0.29, 0.717) is 0 Å². The number of benzene rings is 1. The van der Waals surface area contributed by atoms with Crippen molar-refractivity contribution < 1.29 is 14.4 Å². The number of amides is 3. The second-order valence-electron chi connectivity index (χ2n) is 6.66. The molecular formula is C19H25N3O3. The van der Waals surface area contributed by atoms with Crippen LogP contribution in [0.4, 0.5) is 11.4 Å². The van der Waals surface area contributed by atoms with E-state index in [9.17, 15) is 14.4 Å². The lowest BCUT2D eigenvalue weighted by Crippen LogP contribution is -2.32. The fourth-order valence-corrected chi connectivity index (χ4v) is 3.47. The van der Waals surface area contributed by atoms with Gasteiger partial charge in [0.25, 0.3) is 0 Å². The number of carbonyl (C=O) groups is 3. The van der Waals surface area contributed by atoms with E-state index < -0.39 is 0 Å². The van der Waals surface area contributed by atoms with Gasteiger partial charge in [-0.1, -0.05) is 25.0 Å². The second-order valence-corrected chi connectivity index (χ2v) is 6.66. The van der Waals surface area contributed by atoms with E-state index in [2.05, 4.69) is 10.2 Å². The van der Waals surface area contributed by atoms with Gasteiger partial charge in [-0.2, -0.15) is 0 Å². The Bertz CT molecular complexity index is 635. The average Bonchev–Trinajstić information content (AvgIpc) is 2.81. The summed E-state index contributed by atoms with van der Waals surface area (Å²) in [6.07, 6.45) is 5.50. The molecule has 134 valence electrons. The molecule has 0 bridgehead atoms. The standard InChI is InChI=1S/C19H25N3O3/c23-17(11-14-22-18(24)9-10-19(22)25)20-15-7-3-4-8-16(15)21-12-5-1-2-6-13-21/h3-4,7-8H,1-2,5-6,9-14H2,(H,20,23). The Morgan fingerprint density at radius 1 is 0.960 bits per heavy atom. The summed E-state index contributed by atoms with van der Waals surface area (Å²) in [6, 6.07) is 7.83. The zero-order valence-corrected chi connectivity index (χ0v) is 14.5. The maximum atomic E-state index is 12.3. The van der Waals surface area contributed by atoms with Crippen LogP contribution in [-0.4, -0.2) is 42.3 Å². The molecule has 1 aromatic carbocycles. The van der Waals surface area contributed by atoms with E-state index in [1.807, 2.05) is 24.3 Å². The second kappa shape index (κ2) is 8.14. The zero-order chi connectivity index (χ0) is 17.6. The summed E-state index contributed by atoms with van der Waals surface area (Å²) in [7, 11) is 0. The molecule has 1 aromatic rings. The molecule has 3 rings (SSSR count). The minimum Gasteiger partial charge on any atom is -0.370 e. The molecule has 2 saturated heterocycles. The molecule has 2 aliphatic rings. The number of imide groups is 1. The highest BCUT2D eigenvalue weighted by Crippen LogP contribution is 2.28. The van der Waals surface area contributed by atoms with E-state index in [-0.39, 0.29) is 43.5 Å². The Balaban J connectivity index is 1.61. The van der Waals surface area contributed by atoms with Gasteiger partial charge in [-0.3, -0.25) is 19.3 Å². The van der Waals surface area contributed by atoms with Crippen LogP contribution in [0.3, 0.4) is 0 Å². The van der Waals surface area contributed by atoms with Crippen molar-refractivity contribution in [2.75, 3.05) is 29.9 Å². The molecule has 0 aliphatic carbocycles. The van der Waals surface area contributed by atoms with E-state index >= 15 is 0 Å². The van der Waals surface area contributed by atoms with E-state index in [1.54, 1.807) is 0 Å². The molecule has 3 amide bonds. The van der Waals surface area contributed by atoms with Gasteiger partial charge in [-0.15, -0.1) is 0 Å². The summed E-state index contributed by atoms with van der Waals surface area (Å²) in [6.45, 7) is 2.17. The zero-order valence-electron chi connectivity index (χ0n) is 14.5. The van der Waals surface area contributed by atoms with Crippen molar-refractivity contribution in [1.29, 1.82) is 0 Å². The van der Waals surface area contributed by atoms with Crippen molar-refractivity contribution in [2.24, 2.45) is 0 Å². The molecule has 0 spiro atoms. The number of hydrogen-bond acceptors (Lipinski definition) is 4. The third kappa shape index (κ3) is 4.38. The van der Waals surface area contributed by atoms with Gasteiger partial charge in [0, 0.05) is 38.9 Å². The molecule has 0 atom stereocenters. The first kappa shape index (κ1) is 17.5. The molecule has 0 radical (unpaired) electrons. The van der Waals surface area contributed by atoms with Crippen LogP contribution < -0.4 is 10.2 Å². The molecule has 6 nitrogen and oxygen atoms in total. The van der Waals surface area contributed by atoms with Gasteiger partial charge in [0.2, 0.25) is 17.7 Å². The molecule has 0 aromatic heterocycles. The lowest BCUT2D eigenvalue weighted by Gasteiger charge is -2.25. The lowest BCUT2D eigenvalue weighted by molar-refractivity contribution is -0.138. The molecule has 2 fully saturated rings. The van der Waals surface area contributed by atoms with Crippen molar-refractivity contribution >= 4 is 29.1 Å². The Morgan fingerprint density at radius 2 is 1.60 bits per heavy atom. The molecule has 6 heteroatoms. The fraction of sp³-hybridized carbons (Fsp3) is 0.526. The molecular weight excluding hydrogens is 318 g/mol. The van der Waals surface area contributed by atoms with Gasteiger partial charge in [-0.05, 0) is 25.0 Å². The van der Waals surface area contributed by atoms with Crippen LogP contribution in [0.15, 0.2) is 24.3 Å². The third-order valence-corrected chi connectivity index (χ3v) is 4.84. The van der Waals surface area contributed by atoms with Crippen LogP contribution in [-0.2, 0) is 14.4 Å². The summed E-state index contributed by atoms with van der Waals surface area (Å²) >= 11 is 0. The Labute approximate surface area is 148 Å². The Hall–Kier alpha value is -2.37. The fourth-order valence-electron chi connectivity index (χ4n) is 3.47. The number of para-hydroxylation sites is 2. The van der Waals surface area contributed by atoms with Crippen molar-refractivity contribution in [1.82, 2.24) is 4.90 Å². The minimum absolute atomic E-state index is 0.131. The largest absolute Gasteiger partial charge is 0.370 e. The highest BCUT2D eigenvalue weighted by molar-refractivity contribution is 6.02. The van der Waals surface area contributed by atoms with Gasteiger partial charge in [0.05, 0.1) is 11.4 Å². The first-order valence-electron chi connectivity index (χ1n) is 9.12. The molecule has 2 aliphatic heterocycles. The Kier molecular flexibility index (Phi) is 5.68. The van der Waals surface area contributed by atoms with Crippen molar-refractivity contribution in [3.05, 3.63) is 24.3 Å². The van der Waals surface area contributed by atoms with Crippen LogP contribution in [0.5, 0.6) is 0 Å². The highest BCUT2D eigenvalue weighted by Gasteiger charge is 2.28. The SMILES string of the molecule is O=C(CCN1C(=O)CCC1=O)Nc1ccccc1N1CCCCCC1. The van der Waals surface area contributed by atoms with Crippen molar-refractivity contribution in [2.45, 2.75) is 44.9 Å². The third-order valence-electron chi connectivity index (χ3n) is 4.84. The molecule has 0 saturated carbocycles. The van der Waals surface area contributed by atoms with Gasteiger partial charge >= 0.3 is 0 Å². The van der Waals surface area contributed by atoms with Crippen LogP contribution in [0.1, 0.15) is 44.9 Å². The van der Waals surface area contributed by atoms with E-state index in [1.165, 1.54) is 30.6 Å². The van der Waals surface area contributed by atoms with Gasteiger partial charge < -0.3 is 10.2 Å². The molecule has 0 unspecified atom stereocenters. The number of nitrogens with one attached hydrogen (secondary N) is 1. The maximum absolute atomic E-state index is 12.3. The van der Waals surface area contributed by atoms with Crippen molar-refractivity contribution in [3.63, 3.8) is 0 Å². The first-order valence-corrected chi connectivity index (χ1v) is 9.12. The summed E-state index contributed by atoms with van der Waals surface area (Å²) in [5.41, 5.74) is 1.85. The highest BCUT2D eigenvalue weighted by atomic mass is 16.2. The van der Waals surface area contributed by atoms with Crippen molar-refractivity contribution in [3.8, 4) is 0 Å². The number of rotatable bonds is 5. The topological polar surface area (TPSA) is 69.7 Å². The summed E-state index contributed by atoms with van der Waals surface area (Å²) in [4.78, 5) is 39.1. The monoisotopic (exact) mass is 343 g/mol. The lowest BCUT2D eigenvalue weighted by atomic mass is 10.2. The average molecular weight is 343 g/mol. The van der Waals surface area contributed by atoms with Gasteiger partial charge in [0.15, 0.2) is 0 Å². The number of nitrogens with zero attached hydrogens (tertiary/aromatic N) is 2. The predicted octanol–water partition coefficient (Wildman–Crippen LogP) is 2.54. The number of anilines is 2. The normalized spacial score (nSPS) is 18.4. The van der Waals surface area contributed by atoms with Crippen LogP contribution in [0.25, 0.3) is 0 Å². The Morgan fingerprint density at radius 3 is 2.28 bits per heavy atom. The summed E-state index contributed by atoms with van der Waals surface area (Å²) in [5, 5.41) is 2.95. The smallest absolute Gasteiger partial charge is 0.229 e. The van der Waals surface area contributed by atoms with Gasteiger partial charge in [-0.25, -0.2) is 0 Å². The molecule has 1 N–H and O–H groups in total. The van der Waals surface area contributed by atoms with Crippen LogP contribution >= 0.6 is 0 Å². The minimum atomic E-state index is -0.178. The van der Waals surface area contributed by atoms with Gasteiger partial charge in [0.1, 0.15) is 0 Å². The van der Waals surface area contributed by atoms with Crippen LogP contribution in [0, 0.1) is 0 Å². The first-order chi connectivity index (χ1) is 12.1. The summed E-state index contributed by atoms with van der Waals surface area (Å²) in [5.74, 6) is -0.527.